The number of nitrogens with one attached hydrogen (secondary N) is 1. The Morgan fingerprint density at radius 1 is 1.18 bits per heavy atom. The highest BCUT2D eigenvalue weighted by Gasteiger charge is 2.37. The second-order valence-electron chi connectivity index (χ2n) is 6.70. The summed E-state index contributed by atoms with van der Waals surface area (Å²) in [6.07, 6.45) is 11.3. The van der Waals surface area contributed by atoms with Crippen molar-refractivity contribution in [1.29, 1.82) is 0 Å². The molecule has 0 aromatic carbocycles. The van der Waals surface area contributed by atoms with E-state index < -0.39 is 0 Å². The van der Waals surface area contributed by atoms with Gasteiger partial charge in [0.1, 0.15) is 0 Å². The van der Waals surface area contributed by atoms with Crippen molar-refractivity contribution in [2.24, 2.45) is 11.3 Å². The lowest BCUT2D eigenvalue weighted by Gasteiger charge is -2.32. The zero-order valence-corrected chi connectivity index (χ0v) is 12.5. The number of hydrogen-bond acceptors (Lipinski definition) is 1. The van der Waals surface area contributed by atoms with Gasteiger partial charge in [-0.15, -0.1) is 0 Å². The first-order valence-electron chi connectivity index (χ1n) is 7.82. The molecule has 2 atom stereocenters. The minimum atomic E-state index is 0.580. The van der Waals surface area contributed by atoms with Crippen LogP contribution in [-0.2, 0) is 0 Å². The quantitative estimate of drug-likeness (QED) is 0.602. The summed E-state index contributed by atoms with van der Waals surface area (Å²) in [5.41, 5.74) is 0.580. The molecule has 17 heavy (non-hydrogen) atoms. The Balaban J connectivity index is 2.27. The predicted octanol–water partition coefficient (Wildman–Crippen LogP) is 4.76. The fourth-order valence-electron chi connectivity index (χ4n) is 3.22. The molecule has 0 bridgehead atoms. The molecule has 0 saturated carbocycles. The zero-order chi connectivity index (χ0) is 12.7. The van der Waals surface area contributed by atoms with Gasteiger partial charge in [-0.25, -0.2) is 0 Å². The van der Waals surface area contributed by atoms with Crippen LogP contribution in [0.1, 0.15) is 79.1 Å². The molecule has 1 rings (SSSR count). The Morgan fingerprint density at radius 2 is 1.88 bits per heavy atom. The molecule has 1 heterocycles. The molecule has 0 aliphatic carbocycles. The molecule has 1 aliphatic rings. The molecular formula is C16H33N. The molecule has 0 radical (unpaired) electrons. The Morgan fingerprint density at radius 3 is 2.53 bits per heavy atom. The van der Waals surface area contributed by atoms with E-state index in [4.69, 9.17) is 0 Å². The van der Waals surface area contributed by atoms with Gasteiger partial charge in [-0.05, 0) is 37.1 Å². The average Bonchev–Trinajstić information content (AvgIpc) is 2.60. The molecule has 1 nitrogen and oxygen atoms in total. The van der Waals surface area contributed by atoms with Crippen molar-refractivity contribution in [3.05, 3.63) is 0 Å². The van der Waals surface area contributed by atoms with Crippen molar-refractivity contribution in [3.63, 3.8) is 0 Å². The zero-order valence-electron chi connectivity index (χ0n) is 12.5. The van der Waals surface area contributed by atoms with Crippen molar-refractivity contribution >= 4 is 0 Å². The standard InChI is InChI=1S/C16H33N/c1-5-6-7-8-9-10-16(4)11-12-17-15(16)13-14(2)3/h14-15,17H,5-13H2,1-4H3. The summed E-state index contributed by atoms with van der Waals surface area (Å²) in [5, 5.41) is 3.73. The third-order valence-electron chi connectivity index (χ3n) is 4.49. The van der Waals surface area contributed by atoms with E-state index in [2.05, 4.69) is 33.0 Å². The third-order valence-corrected chi connectivity index (χ3v) is 4.49. The lowest BCUT2D eigenvalue weighted by Crippen LogP contribution is -2.35. The summed E-state index contributed by atoms with van der Waals surface area (Å²) >= 11 is 0. The highest BCUT2D eigenvalue weighted by atomic mass is 15.0. The average molecular weight is 239 g/mol. The van der Waals surface area contributed by atoms with E-state index in [1.165, 1.54) is 57.9 Å². The van der Waals surface area contributed by atoms with Crippen LogP contribution in [0.3, 0.4) is 0 Å². The largest absolute Gasteiger partial charge is 0.313 e. The van der Waals surface area contributed by atoms with Gasteiger partial charge in [-0.2, -0.15) is 0 Å². The molecule has 1 saturated heterocycles. The summed E-state index contributed by atoms with van der Waals surface area (Å²) < 4.78 is 0. The Bertz CT molecular complexity index is 200. The summed E-state index contributed by atoms with van der Waals surface area (Å²) in [6, 6.07) is 0.772. The predicted molar refractivity (Wildman–Crippen MR) is 77.3 cm³/mol. The van der Waals surface area contributed by atoms with Gasteiger partial charge in [0.2, 0.25) is 0 Å². The van der Waals surface area contributed by atoms with E-state index in [1.807, 2.05) is 0 Å². The monoisotopic (exact) mass is 239 g/mol. The summed E-state index contributed by atoms with van der Waals surface area (Å²) in [4.78, 5) is 0. The fourth-order valence-corrected chi connectivity index (χ4v) is 3.22. The molecule has 1 fully saturated rings. The van der Waals surface area contributed by atoms with Crippen molar-refractivity contribution in [2.45, 2.75) is 85.1 Å². The van der Waals surface area contributed by atoms with E-state index in [1.54, 1.807) is 0 Å². The fraction of sp³-hybridized carbons (Fsp3) is 1.00. The topological polar surface area (TPSA) is 12.0 Å². The lowest BCUT2D eigenvalue weighted by atomic mass is 9.75. The molecule has 0 spiro atoms. The van der Waals surface area contributed by atoms with Crippen LogP contribution >= 0.6 is 0 Å². The van der Waals surface area contributed by atoms with Crippen molar-refractivity contribution in [2.75, 3.05) is 6.54 Å². The molecule has 1 N–H and O–H groups in total. The van der Waals surface area contributed by atoms with Gasteiger partial charge in [0.25, 0.3) is 0 Å². The van der Waals surface area contributed by atoms with Gasteiger partial charge < -0.3 is 5.32 Å². The lowest BCUT2D eigenvalue weighted by molar-refractivity contribution is 0.222. The first kappa shape index (κ1) is 15.0. The van der Waals surface area contributed by atoms with E-state index in [9.17, 15) is 0 Å². The van der Waals surface area contributed by atoms with Gasteiger partial charge in [0, 0.05) is 6.04 Å². The van der Waals surface area contributed by atoms with Crippen LogP contribution < -0.4 is 5.32 Å². The normalized spacial score (nSPS) is 29.1. The molecule has 102 valence electrons. The maximum Gasteiger partial charge on any atom is 0.0124 e. The highest BCUT2D eigenvalue weighted by molar-refractivity contribution is 4.94. The van der Waals surface area contributed by atoms with Gasteiger partial charge >= 0.3 is 0 Å². The van der Waals surface area contributed by atoms with Crippen LogP contribution in [0.4, 0.5) is 0 Å². The van der Waals surface area contributed by atoms with Crippen molar-refractivity contribution < 1.29 is 0 Å². The molecule has 0 aromatic rings. The van der Waals surface area contributed by atoms with Gasteiger partial charge in [0.05, 0.1) is 0 Å². The third kappa shape index (κ3) is 4.99. The van der Waals surface area contributed by atoms with Crippen LogP contribution in [0, 0.1) is 11.3 Å². The van der Waals surface area contributed by atoms with Crippen LogP contribution in [0.2, 0.25) is 0 Å². The van der Waals surface area contributed by atoms with Gasteiger partial charge in [0.15, 0.2) is 0 Å². The summed E-state index contributed by atoms with van der Waals surface area (Å²) in [7, 11) is 0. The first-order chi connectivity index (χ1) is 8.08. The van der Waals surface area contributed by atoms with E-state index in [0.717, 1.165) is 12.0 Å². The molecule has 1 heteroatoms. The van der Waals surface area contributed by atoms with Gasteiger partial charge in [-0.1, -0.05) is 59.8 Å². The number of unbranched alkanes of at least 4 members (excludes halogenated alkanes) is 4. The SMILES string of the molecule is CCCCCCCC1(C)CCNC1CC(C)C. The highest BCUT2D eigenvalue weighted by Crippen LogP contribution is 2.38. The molecule has 1 aliphatic heterocycles. The first-order valence-corrected chi connectivity index (χ1v) is 7.82. The van der Waals surface area contributed by atoms with Crippen LogP contribution in [0.15, 0.2) is 0 Å². The molecular weight excluding hydrogens is 206 g/mol. The maximum atomic E-state index is 3.73. The number of hydrogen-bond donors (Lipinski definition) is 1. The van der Waals surface area contributed by atoms with Crippen molar-refractivity contribution in [3.8, 4) is 0 Å². The maximum absolute atomic E-state index is 3.73. The minimum absolute atomic E-state index is 0.580. The van der Waals surface area contributed by atoms with E-state index >= 15 is 0 Å². The Labute approximate surface area is 109 Å². The van der Waals surface area contributed by atoms with Crippen LogP contribution in [0.5, 0.6) is 0 Å². The van der Waals surface area contributed by atoms with Gasteiger partial charge in [-0.3, -0.25) is 0 Å². The van der Waals surface area contributed by atoms with Crippen LogP contribution in [0.25, 0.3) is 0 Å². The van der Waals surface area contributed by atoms with Crippen molar-refractivity contribution in [1.82, 2.24) is 5.32 Å². The second kappa shape index (κ2) is 7.41. The minimum Gasteiger partial charge on any atom is -0.313 e. The smallest absolute Gasteiger partial charge is 0.0124 e. The summed E-state index contributed by atoms with van der Waals surface area (Å²) in [6.45, 7) is 10.7. The summed E-state index contributed by atoms with van der Waals surface area (Å²) in [5.74, 6) is 0.824. The Hall–Kier alpha value is -0.0400. The molecule has 0 aromatic heterocycles. The number of rotatable bonds is 8. The molecule has 0 amide bonds. The van der Waals surface area contributed by atoms with E-state index in [0.29, 0.717) is 5.41 Å². The van der Waals surface area contributed by atoms with Crippen LogP contribution in [-0.4, -0.2) is 12.6 Å². The second-order valence-corrected chi connectivity index (χ2v) is 6.70. The van der Waals surface area contributed by atoms with E-state index in [-0.39, 0.29) is 0 Å². The molecule has 2 unspecified atom stereocenters. The Kier molecular flexibility index (Phi) is 6.54.